The molecule has 8 heteroatoms. The van der Waals surface area contributed by atoms with E-state index >= 15 is 0 Å². The number of hydrogen-bond acceptors (Lipinski definition) is 5. The normalized spacial score (nSPS) is 18.8. The van der Waals surface area contributed by atoms with Gasteiger partial charge in [0.15, 0.2) is 0 Å². The SMILES string of the molecule is Cc1n[nH]c(C)c1C(O)=C1C(=O)C(=O)N(CCCN(C)C)[C@@H]1c1ccccc1F. The van der Waals surface area contributed by atoms with Crippen molar-refractivity contribution in [3.05, 3.63) is 58.2 Å². The number of aryl methyl sites for hydroxylation is 2. The number of aromatic amines is 1. The molecule has 2 heterocycles. The van der Waals surface area contributed by atoms with Crippen LogP contribution in [0, 0.1) is 19.7 Å². The number of Topliss-reactive ketones (excluding diaryl/α,β-unsaturated/α-hetero) is 1. The van der Waals surface area contributed by atoms with Crippen LogP contribution in [0.1, 0.15) is 35.0 Å². The number of aromatic nitrogens is 2. The fraction of sp³-hybridized carbons (Fsp3) is 0.381. The van der Waals surface area contributed by atoms with Crippen molar-refractivity contribution >= 4 is 17.4 Å². The minimum absolute atomic E-state index is 0.113. The summed E-state index contributed by atoms with van der Waals surface area (Å²) in [4.78, 5) is 29.0. The molecule has 0 spiro atoms. The fourth-order valence-electron chi connectivity index (χ4n) is 3.72. The maximum atomic E-state index is 14.7. The van der Waals surface area contributed by atoms with Gasteiger partial charge in [0.25, 0.3) is 11.7 Å². The summed E-state index contributed by atoms with van der Waals surface area (Å²) in [5.41, 5.74) is 1.48. The van der Waals surface area contributed by atoms with Gasteiger partial charge in [-0.3, -0.25) is 14.7 Å². The third-order valence-electron chi connectivity index (χ3n) is 5.11. The Morgan fingerprint density at radius 2 is 1.97 bits per heavy atom. The van der Waals surface area contributed by atoms with Gasteiger partial charge in [-0.25, -0.2) is 4.39 Å². The van der Waals surface area contributed by atoms with Crippen molar-refractivity contribution < 1.29 is 19.1 Å². The number of halogens is 1. The highest BCUT2D eigenvalue weighted by Gasteiger charge is 2.47. The molecule has 1 amide bonds. The quantitative estimate of drug-likeness (QED) is 0.442. The number of rotatable bonds is 6. The van der Waals surface area contributed by atoms with Gasteiger partial charge >= 0.3 is 0 Å². The molecule has 0 unspecified atom stereocenters. The minimum atomic E-state index is -0.993. The van der Waals surface area contributed by atoms with E-state index in [1.54, 1.807) is 26.0 Å². The number of likely N-dealkylation sites (tertiary alicyclic amines) is 1. The summed E-state index contributed by atoms with van der Waals surface area (Å²) in [5.74, 6) is -2.43. The van der Waals surface area contributed by atoms with Crippen LogP contribution < -0.4 is 0 Å². The Hall–Kier alpha value is -3.00. The molecule has 1 aliphatic rings. The van der Waals surface area contributed by atoms with E-state index < -0.39 is 23.5 Å². The first kappa shape index (κ1) is 20.7. The number of carbonyl (C=O) groups is 2. The van der Waals surface area contributed by atoms with E-state index in [9.17, 15) is 19.1 Å². The Balaban J connectivity index is 2.15. The number of hydrogen-bond donors (Lipinski definition) is 2. The molecule has 7 nitrogen and oxygen atoms in total. The van der Waals surface area contributed by atoms with Crippen LogP contribution in [0.5, 0.6) is 0 Å². The summed E-state index contributed by atoms with van der Waals surface area (Å²) < 4.78 is 14.7. The maximum Gasteiger partial charge on any atom is 0.295 e. The molecule has 154 valence electrons. The fourth-order valence-corrected chi connectivity index (χ4v) is 3.72. The zero-order valence-electron chi connectivity index (χ0n) is 17.0. The lowest BCUT2D eigenvalue weighted by Gasteiger charge is -2.26. The van der Waals surface area contributed by atoms with Crippen molar-refractivity contribution in [1.82, 2.24) is 20.0 Å². The molecule has 0 aliphatic carbocycles. The number of nitrogens with zero attached hydrogens (tertiary/aromatic N) is 3. The van der Waals surface area contributed by atoms with E-state index in [2.05, 4.69) is 10.2 Å². The number of aliphatic hydroxyl groups excluding tert-OH is 1. The summed E-state index contributed by atoms with van der Waals surface area (Å²) in [6.07, 6.45) is 0.606. The third kappa shape index (κ3) is 3.80. The van der Waals surface area contributed by atoms with Gasteiger partial charge in [0.2, 0.25) is 0 Å². The van der Waals surface area contributed by atoms with Crippen LogP contribution in [0.3, 0.4) is 0 Å². The van der Waals surface area contributed by atoms with Crippen molar-refractivity contribution in [1.29, 1.82) is 0 Å². The molecule has 0 saturated carbocycles. The van der Waals surface area contributed by atoms with Gasteiger partial charge in [-0.1, -0.05) is 18.2 Å². The molecule has 2 aromatic rings. The predicted molar refractivity (Wildman–Crippen MR) is 107 cm³/mol. The van der Waals surface area contributed by atoms with Gasteiger partial charge in [-0.2, -0.15) is 5.10 Å². The highest BCUT2D eigenvalue weighted by atomic mass is 19.1. The first-order chi connectivity index (χ1) is 13.7. The summed E-state index contributed by atoms with van der Waals surface area (Å²) >= 11 is 0. The molecule has 1 saturated heterocycles. The second kappa shape index (κ2) is 8.16. The molecule has 0 bridgehead atoms. The Morgan fingerprint density at radius 1 is 1.28 bits per heavy atom. The molecule has 1 aromatic heterocycles. The number of carbonyl (C=O) groups excluding carboxylic acids is 2. The van der Waals surface area contributed by atoms with Gasteiger partial charge < -0.3 is 14.9 Å². The first-order valence-corrected chi connectivity index (χ1v) is 9.43. The zero-order valence-corrected chi connectivity index (χ0v) is 17.0. The molecular formula is C21H25FN4O3. The van der Waals surface area contributed by atoms with E-state index in [0.717, 1.165) is 0 Å². The summed E-state index contributed by atoms with van der Waals surface area (Å²) in [6.45, 7) is 4.36. The van der Waals surface area contributed by atoms with Gasteiger partial charge in [-0.05, 0) is 47.0 Å². The Morgan fingerprint density at radius 3 is 2.55 bits per heavy atom. The summed E-state index contributed by atoms with van der Waals surface area (Å²) in [6, 6.07) is 5.01. The predicted octanol–water partition coefficient (Wildman–Crippen LogP) is 2.54. The average molecular weight is 400 g/mol. The average Bonchev–Trinajstić information content (AvgIpc) is 3.12. The molecule has 29 heavy (non-hydrogen) atoms. The van der Waals surface area contributed by atoms with Crippen molar-refractivity contribution in [2.24, 2.45) is 0 Å². The van der Waals surface area contributed by atoms with E-state index in [1.807, 2.05) is 19.0 Å². The Labute approximate surface area is 168 Å². The standard InChI is InChI=1S/C21H25FN4O3/c1-12-16(13(2)24-23-12)19(27)17-18(14-8-5-6-9-15(14)22)26(21(29)20(17)28)11-7-10-25(3)4/h5-6,8-9,18,27H,7,10-11H2,1-4H3,(H,23,24)/t18-/m1/s1. The van der Waals surface area contributed by atoms with Gasteiger partial charge in [0, 0.05) is 17.8 Å². The van der Waals surface area contributed by atoms with Crippen LogP contribution in [0.25, 0.3) is 5.76 Å². The lowest BCUT2D eigenvalue weighted by atomic mass is 9.94. The smallest absolute Gasteiger partial charge is 0.295 e. The highest BCUT2D eigenvalue weighted by molar-refractivity contribution is 6.46. The van der Waals surface area contributed by atoms with E-state index in [1.165, 1.54) is 17.0 Å². The number of aliphatic hydroxyl groups is 1. The number of amides is 1. The van der Waals surface area contributed by atoms with Crippen molar-refractivity contribution in [3.63, 3.8) is 0 Å². The van der Waals surface area contributed by atoms with Crippen LogP contribution in [0.2, 0.25) is 0 Å². The van der Waals surface area contributed by atoms with Gasteiger partial charge in [0.05, 0.1) is 22.9 Å². The monoisotopic (exact) mass is 400 g/mol. The van der Waals surface area contributed by atoms with E-state index in [-0.39, 0.29) is 23.4 Å². The first-order valence-electron chi connectivity index (χ1n) is 9.43. The molecule has 1 aliphatic heterocycles. The molecular weight excluding hydrogens is 375 g/mol. The van der Waals surface area contributed by atoms with Crippen LogP contribution in [-0.4, -0.2) is 64.0 Å². The minimum Gasteiger partial charge on any atom is -0.507 e. The molecule has 3 rings (SSSR count). The summed E-state index contributed by atoms with van der Waals surface area (Å²) in [7, 11) is 3.82. The van der Waals surface area contributed by atoms with Crippen LogP contribution >= 0.6 is 0 Å². The maximum absolute atomic E-state index is 14.7. The van der Waals surface area contributed by atoms with Crippen molar-refractivity contribution in [2.45, 2.75) is 26.3 Å². The molecule has 2 N–H and O–H groups in total. The van der Waals surface area contributed by atoms with E-state index in [0.29, 0.717) is 29.9 Å². The van der Waals surface area contributed by atoms with Crippen LogP contribution in [0.4, 0.5) is 4.39 Å². The molecule has 0 radical (unpaired) electrons. The highest BCUT2D eigenvalue weighted by Crippen LogP contribution is 2.41. The number of benzene rings is 1. The number of ketones is 1. The zero-order chi connectivity index (χ0) is 21.3. The second-order valence-corrected chi connectivity index (χ2v) is 7.48. The molecule has 1 aromatic carbocycles. The van der Waals surface area contributed by atoms with Crippen molar-refractivity contribution in [2.75, 3.05) is 27.2 Å². The lowest BCUT2D eigenvalue weighted by Crippen LogP contribution is -2.32. The molecule has 1 fully saturated rings. The molecule has 1 atom stereocenters. The topological polar surface area (TPSA) is 89.5 Å². The largest absolute Gasteiger partial charge is 0.507 e. The second-order valence-electron chi connectivity index (χ2n) is 7.48. The van der Waals surface area contributed by atoms with Crippen LogP contribution in [0.15, 0.2) is 29.8 Å². The third-order valence-corrected chi connectivity index (χ3v) is 5.11. The van der Waals surface area contributed by atoms with Gasteiger partial charge in [-0.15, -0.1) is 0 Å². The number of H-pyrrole nitrogens is 1. The Bertz CT molecular complexity index is 961. The Kier molecular flexibility index (Phi) is 5.83. The van der Waals surface area contributed by atoms with E-state index in [4.69, 9.17) is 0 Å². The van der Waals surface area contributed by atoms with Crippen LogP contribution in [-0.2, 0) is 9.59 Å². The lowest BCUT2D eigenvalue weighted by molar-refractivity contribution is -0.140. The van der Waals surface area contributed by atoms with Gasteiger partial charge in [0.1, 0.15) is 11.6 Å². The summed E-state index contributed by atoms with van der Waals surface area (Å²) in [5, 5.41) is 17.8. The van der Waals surface area contributed by atoms with Crippen molar-refractivity contribution in [3.8, 4) is 0 Å². The number of nitrogens with one attached hydrogen (secondary N) is 1.